The fourth-order valence-corrected chi connectivity index (χ4v) is 2.61. The molecule has 0 bridgehead atoms. The number of likely N-dealkylation sites (N-methyl/N-ethyl adjacent to an activating group) is 1. The maximum Gasteiger partial charge on any atom is 0.0621 e. The Hall–Kier alpha value is -0.250. The van der Waals surface area contributed by atoms with Gasteiger partial charge in [0.1, 0.15) is 0 Å². The molecule has 0 radical (unpaired) electrons. The SMILES string of the molecule is CNC(CSC(C)(C)C)Cc1ccncc1Cl. The van der Waals surface area contributed by atoms with Gasteiger partial charge in [-0.25, -0.2) is 0 Å². The third-order valence-electron chi connectivity index (χ3n) is 2.45. The summed E-state index contributed by atoms with van der Waals surface area (Å²) in [6, 6.07) is 2.44. The zero-order chi connectivity index (χ0) is 12.9. The van der Waals surface area contributed by atoms with Crippen LogP contribution in [0.5, 0.6) is 0 Å². The van der Waals surface area contributed by atoms with E-state index in [1.807, 2.05) is 24.9 Å². The molecule has 1 atom stereocenters. The second-order valence-corrected chi connectivity index (χ2v) is 7.33. The van der Waals surface area contributed by atoms with Crippen LogP contribution >= 0.6 is 23.4 Å². The number of pyridine rings is 1. The molecule has 0 fully saturated rings. The van der Waals surface area contributed by atoms with Gasteiger partial charge in [0.25, 0.3) is 0 Å². The zero-order valence-corrected chi connectivity index (χ0v) is 12.5. The van der Waals surface area contributed by atoms with Crippen LogP contribution in [0.4, 0.5) is 0 Å². The second-order valence-electron chi connectivity index (χ2n) is 5.08. The van der Waals surface area contributed by atoms with Crippen LogP contribution in [0.2, 0.25) is 5.02 Å². The van der Waals surface area contributed by atoms with Gasteiger partial charge in [0.2, 0.25) is 0 Å². The van der Waals surface area contributed by atoms with E-state index >= 15 is 0 Å². The number of aromatic nitrogens is 1. The van der Waals surface area contributed by atoms with Crippen molar-refractivity contribution in [3.8, 4) is 0 Å². The minimum Gasteiger partial charge on any atom is -0.316 e. The predicted octanol–water partition coefficient (Wildman–Crippen LogP) is 3.40. The standard InChI is InChI=1S/C13H21ClN2S/c1-13(2,3)17-9-11(15-4)7-10-5-6-16-8-12(10)14/h5-6,8,11,15H,7,9H2,1-4H3. The molecule has 2 nitrogen and oxygen atoms in total. The van der Waals surface area contributed by atoms with Crippen LogP contribution in [-0.2, 0) is 6.42 Å². The van der Waals surface area contributed by atoms with E-state index in [1.54, 1.807) is 12.4 Å². The Morgan fingerprint density at radius 3 is 2.71 bits per heavy atom. The molecule has 0 spiro atoms. The fraction of sp³-hybridized carbons (Fsp3) is 0.615. The predicted molar refractivity (Wildman–Crippen MR) is 78.0 cm³/mol. The minimum atomic E-state index is 0.303. The van der Waals surface area contributed by atoms with E-state index in [4.69, 9.17) is 11.6 Å². The van der Waals surface area contributed by atoms with Crippen LogP contribution in [0.15, 0.2) is 18.5 Å². The number of halogens is 1. The monoisotopic (exact) mass is 272 g/mol. The fourth-order valence-electron chi connectivity index (χ4n) is 1.43. The van der Waals surface area contributed by atoms with Crippen molar-refractivity contribution in [3.05, 3.63) is 29.0 Å². The molecule has 4 heteroatoms. The molecule has 0 amide bonds. The molecule has 1 heterocycles. The lowest BCUT2D eigenvalue weighted by Crippen LogP contribution is -2.31. The summed E-state index contributed by atoms with van der Waals surface area (Å²) in [5.74, 6) is 1.08. The Balaban J connectivity index is 2.56. The smallest absolute Gasteiger partial charge is 0.0621 e. The van der Waals surface area contributed by atoms with Crippen molar-refractivity contribution < 1.29 is 0 Å². The number of thioether (sulfide) groups is 1. The van der Waals surface area contributed by atoms with Crippen LogP contribution in [0.1, 0.15) is 26.3 Å². The molecule has 1 N–H and O–H groups in total. The summed E-state index contributed by atoms with van der Waals surface area (Å²) >= 11 is 8.09. The third kappa shape index (κ3) is 5.75. The molecule has 17 heavy (non-hydrogen) atoms. The lowest BCUT2D eigenvalue weighted by Gasteiger charge is -2.23. The maximum atomic E-state index is 6.12. The summed E-state index contributed by atoms with van der Waals surface area (Å²) in [5, 5.41) is 4.11. The van der Waals surface area contributed by atoms with E-state index in [0.29, 0.717) is 10.8 Å². The molecule has 0 saturated carbocycles. The average Bonchev–Trinajstić information content (AvgIpc) is 2.25. The molecule has 1 unspecified atom stereocenters. The first-order chi connectivity index (χ1) is 7.92. The molecule has 96 valence electrons. The summed E-state index contributed by atoms with van der Waals surface area (Å²) in [4.78, 5) is 4.01. The van der Waals surface area contributed by atoms with Gasteiger partial charge in [-0.3, -0.25) is 4.98 Å². The Labute approximate surface area is 114 Å². The topological polar surface area (TPSA) is 24.9 Å². The van der Waals surface area contributed by atoms with E-state index in [0.717, 1.165) is 22.8 Å². The highest BCUT2D eigenvalue weighted by atomic mass is 35.5. The maximum absolute atomic E-state index is 6.12. The van der Waals surface area contributed by atoms with Gasteiger partial charge in [-0.05, 0) is 25.1 Å². The summed E-state index contributed by atoms with van der Waals surface area (Å²) in [7, 11) is 2.00. The summed E-state index contributed by atoms with van der Waals surface area (Å²) in [6.45, 7) is 6.72. The quantitative estimate of drug-likeness (QED) is 0.889. The molecule has 1 aromatic rings. The summed E-state index contributed by atoms with van der Waals surface area (Å²) < 4.78 is 0.303. The van der Waals surface area contributed by atoms with Crippen LogP contribution in [0, 0.1) is 0 Å². The zero-order valence-electron chi connectivity index (χ0n) is 11.0. The summed E-state index contributed by atoms with van der Waals surface area (Å²) in [5.41, 5.74) is 1.16. The third-order valence-corrected chi connectivity index (χ3v) is 4.22. The Morgan fingerprint density at radius 2 is 2.18 bits per heavy atom. The number of hydrogen-bond donors (Lipinski definition) is 1. The van der Waals surface area contributed by atoms with Crippen molar-refractivity contribution in [3.63, 3.8) is 0 Å². The van der Waals surface area contributed by atoms with Crippen LogP contribution in [0.25, 0.3) is 0 Å². The first-order valence-corrected chi connectivity index (χ1v) is 7.18. The Morgan fingerprint density at radius 1 is 1.47 bits per heavy atom. The van der Waals surface area contributed by atoms with Gasteiger partial charge in [-0.15, -0.1) is 0 Å². The first kappa shape index (κ1) is 14.8. The van der Waals surface area contributed by atoms with Gasteiger partial charge in [0.15, 0.2) is 0 Å². The molecule has 0 saturated heterocycles. The van der Waals surface area contributed by atoms with E-state index in [2.05, 4.69) is 31.1 Å². The number of nitrogens with one attached hydrogen (secondary N) is 1. The van der Waals surface area contributed by atoms with Crippen LogP contribution in [0.3, 0.4) is 0 Å². The number of nitrogens with zero attached hydrogens (tertiary/aromatic N) is 1. The molecule has 0 aliphatic heterocycles. The number of hydrogen-bond acceptors (Lipinski definition) is 3. The molecule has 0 aliphatic carbocycles. The number of rotatable bonds is 5. The van der Waals surface area contributed by atoms with Crippen molar-refractivity contribution in [1.82, 2.24) is 10.3 Å². The summed E-state index contributed by atoms with van der Waals surface area (Å²) in [6.07, 6.45) is 4.45. The van der Waals surface area contributed by atoms with Crippen molar-refractivity contribution >= 4 is 23.4 Å². The van der Waals surface area contributed by atoms with E-state index in [1.165, 1.54) is 0 Å². The highest BCUT2D eigenvalue weighted by Crippen LogP contribution is 2.25. The average molecular weight is 273 g/mol. The van der Waals surface area contributed by atoms with Gasteiger partial charge in [0, 0.05) is 28.9 Å². The van der Waals surface area contributed by atoms with Crippen molar-refractivity contribution in [1.29, 1.82) is 0 Å². The Kier molecular flexibility index (Phi) is 5.77. The first-order valence-electron chi connectivity index (χ1n) is 5.82. The van der Waals surface area contributed by atoms with Crippen LogP contribution in [-0.4, -0.2) is 28.6 Å². The van der Waals surface area contributed by atoms with Gasteiger partial charge in [-0.2, -0.15) is 11.8 Å². The highest BCUT2D eigenvalue weighted by molar-refractivity contribution is 8.00. The minimum absolute atomic E-state index is 0.303. The van der Waals surface area contributed by atoms with E-state index < -0.39 is 0 Å². The largest absolute Gasteiger partial charge is 0.316 e. The molecule has 1 rings (SSSR count). The Bertz CT molecular complexity index is 350. The van der Waals surface area contributed by atoms with E-state index in [-0.39, 0.29) is 0 Å². The van der Waals surface area contributed by atoms with Crippen molar-refractivity contribution in [2.75, 3.05) is 12.8 Å². The van der Waals surface area contributed by atoms with Gasteiger partial charge >= 0.3 is 0 Å². The van der Waals surface area contributed by atoms with Crippen molar-refractivity contribution in [2.45, 2.75) is 38.0 Å². The normalized spacial score (nSPS) is 13.7. The van der Waals surface area contributed by atoms with Crippen LogP contribution < -0.4 is 5.32 Å². The highest BCUT2D eigenvalue weighted by Gasteiger charge is 2.15. The molecule has 1 aromatic heterocycles. The molecular weight excluding hydrogens is 252 g/mol. The van der Waals surface area contributed by atoms with E-state index in [9.17, 15) is 0 Å². The van der Waals surface area contributed by atoms with Gasteiger partial charge in [-0.1, -0.05) is 32.4 Å². The second kappa shape index (κ2) is 6.62. The lowest BCUT2D eigenvalue weighted by atomic mass is 10.1. The van der Waals surface area contributed by atoms with Gasteiger partial charge in [0.05, 0.1) is 5.02 Å². The van der Waals surface area contributed by atoms with Gasteiger partial charge < -0.3 is 5.32 Å². The molecule has 0 aromatic carbocycles. The molecule has 0 aliphatic rings. The lowest BCUT2D eigenvalue weighted by molar-refractivity contribution is 0.613. The molecular formula is C13H21ClN2S. The van der Waals surface area contributed by atoms with Crippen molar-refractivity contribution in [2.24, 2.45) is 0 Å².